The summed E-state index contributed by atoms with van der Waals surface area (Å²) in [7, 11) is 1.67. The molecule has 2 aromatic rings. The van der Waals surface area contributed by atoms with Crippen LogP contribution in [0.15, 0.2) is 36.4 Å². The summed E-state index contributed by atoms with van der Waals surface area (Å²) in [6.45, 7) is 1.19. The molecule has 1 saturated carbocycles. The number of hydrogen-bond acceptors (Lipinski definition) is 3. The molecule has 3 rings (SSSR count). The Morgan fingerprint density at radius 2 is 1.78 bits per heavy atom. The first-order valence-electron chi connectivity index (χ1n) is 9.63. The van der Waals surface area contributed by atoms with Gasteiger partial charge in [0.1, 0.15) is 6.61 Å². The SMILES string of the molecule is COc1cccc(CNC2CCCCCC2)c1OCc1ccc(Cl)c(Cl)c1. The van der Waals surface area contributed by atoms with Crippen LogP contribution >= 0.6 is 23.2 Å². The fraction of sp³-hybridized carbons (Fsp3) is 0.455. The summed E-state index contributed by atoms with van der Waals surface area (Å²) >= 11 is 12.1. The molecule has 146 valence electrons. The van der Waals surface area contributed by atoms with Gasteiger partial charge in [0.2, 0.25) is 0 Å². The Hall–Kier alpha value is -1.42. The van der Waals surface area contributed by atoms with Gasteiger partial charge in [-0.2, -0.15) is 0 Å². The Morgan fingerprint density at radius 3 is 2.48 bits per heavy atom. The Bertz CT molecular complexity index is 743. The summed E-state index contributed by atoms with van der Waals surface area (Å²) in [6.07, 6.45) is 7.85. The van der Waals surface area contributed by atoms with Crippen LogP contribution in [0.25, 0.3) is 0 Å². The van der Waals surface area contributed by atoms with E-state index in [9.17, 15) is 0 Å². The molecule has 0 bridgehead atoms. The van der Waals surface area contributed by atoms with Crippen molar-refractivity contribution in [2.75, 3.05) is 7.11 Å². The third-order valence-electron chi connectivity index (χ3n) is 5.08. The summed E-state index contributed by atoms with van der Waals surface area (Å²) in [5.74, 6) is 1.53. The molecule has 1 aliphatic rings. The number of benzene rings is 2. The third kappa shape index (κ3) is 5.78. The van der Waals surface area contributed by atoms with Crippen molar-refractivity contribution in [3.63, 3.8) is 0 Å². The standard InChI is InChI=1S/C22H27Cl2NO2/c1-26-21-10-6-7-17(14-25-18-8-4-2-3-5-9-18)22(21)27-15-16-11-12-19(23)20(24)13-16/h6-7,10-13,18,25H,2-5,8-9,14-15H2,1H3. The van der Waals surface area contributed by atoms with Gasteiger partial charge in [-0.1, -0.05) is 67.1 Å². The molecule has 2 aromatic carbocycles. The molecule has 0 heterocycles. The van der Waals surface area contributed by atoms with Gasteiger partial charge < -0.3 is 14.8 Å². The number of para-hydroxylation sites is 1. The molecule has 27 heavy (non-hydrogen) atoms. The maximum absolute atomic E-state index is 6.14. The molecule has 0 spiro atoms. The molecule has 0 atom stereocenters. The molecular formula is C22H27Cl2NO2. The summed E-state index contributed by atoms with van der Waals surface area (Å²) in [6, 6.07) is 12.2. The van der Waals surface area contributed by atoms with Gasteiger partial charge in [0.25, 0.3) is 0 Å². The van der Waals surface area contributed by atoms with Crippen molar-refractivity contribution < 1.29 is 9.47 Å². The molecule has 3 nitrogen and oxygen atoms in total. The molecule has 0 radical (unpaired) electrons. The smallest absolute Gasteiger partial charge is 0.166 e. The van der Waals surface area contributed by atoms with Crippen LogP contribution in [0.4, 0.5) is 0 Å². The fourth-order valence-corrected chi connectivity index (χ4v) is 3.87. The van der Waals surface area contributed by atoms with Crippen LogP contribution in [-0.4, -0.2) is 13.2 Å². The quantitative estimate of drug-likeness (QED) is 0.538. The third-order valence-corrected chi connectivity index (χ3v) is 5.82. The Labute approximate surface area is 172 Å². The lowest BCUT2D eigenvalue weighted by Crippen LogP contribution is -2.28. The van der Waals surface area contributed by atoms with Crippen LogP contribution in [0.2, 0.25) is 10.0 Å². The minimum absolute atomic E-state index is 0.410. The number of halogens is 2. The molecule has 0 aliphatic heterocycles. The predicted octanol–water partition coefficient (Wildman–Crippen LogP) is 6.39. The summed E-state index contributed by atoms with van der Waals surface area (Å²) in [4.78, 5) is 0. The van der Waals surface area contributed by atoms with Gasteiger partial charge in [-0.05, 0) is 36.6 Å². The summed E-state index contributed by atoms with van der Waals surface area (Å²) in [5, 5.41) is 4.79. The first-order valence-corrected chi connectivity index (χ1v) is 10.4. The number of nitrogens with one attached hydrogen (secondary N) is 1. The lowest BCUT2D eigenvalue weighted by molar-refractivity contribution is 0.280. The van der Waals surface area contributed by atoms with Crippen LogP contribution in [0.5, 0.6) is 11.5 Å². The van der Waals surface area contributed by atoms with Crippen LogP contribution in [0.3, 0.4) is 0 Å². The first-order chi connectivity index (χ1) is 13.2. The maximum Gasteiger partial charge on any atom is 0.166 e. The van der Waals surface area contributed by atoms with Gasteiger partial charge in [0.15, 0.2) is 11.5 Å². The molecule has 0 amide bonds. The van der Waals surface area contributed by atoms with E-state index in [-0.39, 0.29) is 0 Å². The molecule has 1 N–H and O–H groups in total. The summed E-state index contributed by atoms with van der Waals surface area (Å²) < 4.78 is 11.7. The van der Waals surface area contributed by atoms with Crippen molar-refractivity contribution in [3.8, 4) is 11.5 Å². The van der Waals surface area contributed by atoms with Crippen LogP contribution in [0.1, 0.15) is 49.7 Å². The van der Waals surface area contributed by atoms with E-state index in [0.29, 0.717) is 22.7 Å². The Balaban J connectivity index is 1.69. The van der Waals surface area contributed by atoms with Crippen LogP contribution in [0, 0.1) is 0 Å². The lowest BCUT2D eigenvalue weighted by atomic mass is 10.1. The number of methoxy groups -OCH3 is 1. The molecule has 1 fully saturated rings. The molecular weight excluding hydrogens is 381 g/mol. The van der Waals surface area contributed by atoms with Gasteiger partial charge in [0.05, 0.1) is 17.2 Å². The van der Waals surface area contributed by atoms with Crippen LogP contribution in [-0.2, 0) is 13.2 Å². The van der Waals surface area contributed by atoms with E-state index in [0.717, 1.165) is 29.2 Å². The van der Waals surface area contributed by atoms with E-state index in [1.165, 1.54) is 38.5 Å². The van der Waals surface area contributed by atoms with Crippen molar-refractivity contribution in [1.29, 1.82) is 0 Å². The van der Waals surface area contributed by atoms with Gasteiger partial charge in [0, 0.05) is 18.2 Å². The minimum atomic E-state index is 0.410. The zero-order chi connectivity index (χ0) is 19.1. The van der Waals surface area contributed by atoms with Crippen molar-refractivity contribution in [2.45, 2.75) is 57.7 Å². The largest absolute Gasteiger partial charge is 0.493 e. The van der Waals surface area contributed by atoms with E-state index >= 15 is 0 Å². The highest BCUT2D eigenvalue weighted by Crippen LogP contribution is 2.33. The van der Waals surface area contributed by atoms with Crippen LogP contribution < -0.4 is 14.8 Å². The van der Waals surface area contributed by atoms with Crippen molar-refractivity contribution in [3.05, 3.63) is 57.6 Å². The van der Waals surface area contributed by atoms with E-state index in [4.69, 9.17) is 32.7 Å². The van der Waals surface area contributed by atoms with Crippen molar-refractivity contribution in [2.24, 2.45) is 0 Å². The second-order valence-corrected chi connectivity index (χ2v) is 7.87. The first kappa shape index (κ1) is 20.3. The lowest BCUT2D eigenvalue weighted by Gasteiger charge is -2.19. The molecule has 0 saturated heterocycles. The number of rotatable bonds is 7. The van der Waals surface area contributed by atoms with Gasteiger partial charge in [-0.3, -0.25) is 0 Å². The Morgan fingerprint density at radius 1 is 1.00 bits per heavy atom. The topological polar surface area (TPSA) is 30.5 Å². The van der Waals surface area contributed by atoms with Gasteiger partial charge in [-0.25, -0.2) is 0 Å². The van der Waals surface area contributed by atoms with E-state index in [1.807, 2.05) is 24.3 Å². The molecule has 0 unspecified atom stereocenters. The normalized spacial score (nSPS) is 15.4. The van der Waals surface area contributed by atoms with Gasteiger partial charge in [-0.15, -0.1) is 0 Å². The fourth-order valence-electron chi connectivity index (χ4n) is 3.55. The highest BCUT2D eigenvalue weighted by molar-refractivity contribution is 6.42. The molecule has 0 aromatic heterocycles. The van der Waals surface area contributed by atoms with E-state index in [1.54, 1.807) is 13.2 Å². The highest BCUT2D eigenvalue weighted by atomic mass is 35.5. The number of hydrogen-bond donors (Lipinski definition) is 1. The second-order valence-electron chi connectivity index (χ2n) is 7.06. The average molecular weight is 408 g/mol. The van der Waals surface area contributed by atoms with Crippen molar-refractivity contribution in [1.82, 2.24) is 5.32 Å². The highest BCUT2D eigenvalue weighted by Gasteiger charge is 2.15. The zero-order valence-electron chi connectivity index (χ0n) is 15.8. The molecule has 1 aliphatic carbocycles. The average Bonchev–Trinajstić information content (AvgIpc) is 2.96. The van der Waals surface area contributed by atoms with Crippen molar-refractivity contribution >= 4 is 23.2 Å². The van der Waals surface area contributed by atoms with Gasteiger partial charge >= 0.3 is 0 Å². The van der Waals surface area contributed by atoms with E-state index in [2.05, 4.69) is 11.4 Å². The summed E-state index contributed by atoms with van der Waals surface area (Å²) in [5.41, 5.74) is 2.08. The number of ether oxygens (including phenoxy) is 2. The predicted molar refractivity (Wildman–Crippen MR) is 112 cm³/mol. The van der Waals surface area contributed by atoms with E-state index < -0.39 is 0 Å². The minimum Gasteiger partial charge on any atom is -0.493 e. The molecule has 5 heteroatoms. The zero-order valence-corrected chi connectivity index (χ0v) is 17.3. The Kier molecular flexibility index (Phi) is 7.69. The monoisotopic (exact) mass is 407 g/mol. The second kappa shape index (κ2) is 10.2. The maximum atomic E-state index is 6.14.